The molecule has 2 aromatic heterocycles. The van der Waals surface area contributed by atoms with Crippen molar-refractivity contribution in [2.45, 2.75) is 26.8 Å². The summed E-state index contributed by atoms with van der Waals surface area (Å²) >= 11 is 0. The summed E-state index contributed by atoms with van der Waals surface area (Å²) in [5.74, 6) is -0.0412. The highest BCUT2D eigenvalue weighted by Gasteiger charge is 2.41. The lowest BCUT2D eigenvalue weighted by Gasteiger charge is -2.42. The van der Waals surface area contributed by atoms with Crippen LogP contribution in [-0.4, -0.2) is 62.9 Å². The molecule has 3 rings (SSSR count). The lowest BCUT2D eigenvalue weighted by molar-refractivity contribution is 0.0550. The van der Waals surface area contributed by atoms with Crippen LogP contribution >= 0.6 is 0 Å². The molecule has 23 heavy (non-hydrogen) atoms. The van der Waals surface area contributed by atoms with E-state index in [1.165, 1.54) is 4.52 Å². The van der Waals surface area contributed by atoms with Crippen molar-refractivity contribution in [3.05, 3.63) is 24.3 Å². The number of amides is 1. The summed E-state index contributed by atoms with van der Waals surface area (Å²) < 4.78 is 25.4. The molecule has 1 unspecified atom stereocenters. The molecule has 2 aromatic rings. The smallest absolute Gasteiger partial charge is 0.293 e. The van der Waals surface area contributed by atoms with Gasteiger partial charge in [0.15, 0.2) is 9.84 Å². The van der Waals surface area contributed by atoms with E-state index in [2.05, 4.69) is 15.1 Å². The Morgan fingerprint density at radius 2 is 2.09 bits per heavy atom. The Hall–Kier alpha value is -2.03. The van der Waals surface area contributed by atoms with Gasteiger partial charge in [-0.1, -0.05) is 20.8 Å². The van der Waals surface area contributed by atoms with Crippen molar-refractivity contribution < 1.29 is 13.2 Å². The zero-order valence-electron chi connectivity index (χ0n) is 13.3. The van der Waals surface area contributed by atoms with Crippen molar-refractivity contribution in [2.24, 2.45) is 5.41 Å². The van der Waals surface area contributed by atoms with Crippen LogP contribution in [-0.2, 0) is 9.84 Å². The number of nitrogens with zero attached hydrogens (tertiary/aromatic N) is 5. The van der Waals surface area contributed by atoms with Gasteiger partial charge in [-0.2, -0.15) is 4.98 Å². The third kappa shape index (κ3) is 3.05. The highest BCUT2D eigenvalue weighted by molar-refractivity contribution is 7.91. The first-order chi connectivity index (χ1) is 10.7. The average Bonchev–Trinajstić information content (AvgIpc) is 2.88. The number of hydrogen-bond donors (Lipinski definition) is 0. The molecule has 0 N–H and O–H groups in total. The second-order valence-electron chi connectivity index (χ2n) is 6.79. The van der Waals surface area contributed by atoms with Crippen molar-refractivity contribution in [1.82, 2.24) is 24.5 Å². The van der Waals surface area contributed by atoms with Crippen LogP contribution in [0, 0.1) is 5.41 Å². The summed E-state index contributed by atoms with van der Waals surface area (Å²) in [5.41, 5.74) is -0.361. The first-order valence-corrected chi connectivity index (χ1v) is 9.18. The van der Waals surface area contributed by atoms with E-state index in [-0.39, 0.29) is 35.2 Å². The maximum atomic E-state index is 12.8. The summed E-state index contributed by atoms with van der Waals surface area (Å²) in [7, 11) is -3.14. The molecular formula is C14H19N5O3S. The SMILES string of the molecule is CC(C)(C)C1CS(=O)(=O)CCN1C(=O)c1nc2ncccn2n1. The molecule has 1 aliphatic heterocycles. The van der Waals surface area contributed by atoms with Gasteiger partial charge in [0.2, 0.25) is 5.82 Å². The molecule has 3 heterocycles. The van der Waals surface area contributed by atoms with E-state index in [0.717, 1.165) is 0 Å². The third-order valence-corrected chi connectivity index (χ3v) is 5.63. The number of carbonyl (C=O) groups excluding carboxylic acids is 1. The quantitative estimate of drug-likeness (QED) is 0.747. The molecule has 1 aliphatic rings. The van der Waals surface area contributed by atoms with E-state index in [0.29, 0.717) is 5.78 Å². The fourth-order valence-corrected chi connectivity index (χ4v) is 4.52. The summed E-state index contributed by atoms with van der Waals surface area (Å²) in [6.07, 6.45) is 3.23. The van der Waals surface area contributed by atoms with Crippen molar-refractivity contribution in [1.29, 1.82) is 0 Å². The standard InChI is InChI=1S/C14H19N5O3S/c1-14(2,3)10-9-23(21,22)8-7-18(10)12(20)11-16-13-15-5-4-6-19(13)17-11/h4-6,10H,7-9H2,1-3H3. The minimum absolute atomic E-state index is 0.0308. The van der Waals surface area contributed by atoms with E-state index >= 15 is 0 Å². The molecular weight excluding hydrogens is 318 g/mol. The van der Waals surface area contributed by atoms with Crippen LogP contribution in [0.2, 0.25) is 0 Å². The number of sulfone groups is 1. The molecule has 0 radical (unpaired) electrons. The highest BCUT2D eigenvalue weighted by atomic mass is 32.2. The lowest BCUT2D eigenvalue weighted by Crippen LogP contribution is -2.56. The van der Waals surface area contributed by atoms with Gasteiger partial charge in [-0.05, 0) is 11.5 Å². The second-order valence-corrected chi connectivity index (χ2v) is 9.02. The normalized spacial score (nSPS) is 21.5. The molecule has 9 heteroatoms. The van der Waals surface area contributed by atoms with E-state index in [4.69, 9.17) is 0 Å². The molecule has 1 atom stereocenters. The van der Waals surface area contributed by atoms with Gasteiger partial charge in [-0.15, -0.1) is 5.10 Å². The molecule has 0 aliphatic carbocycles. The molecule has 1 saturated heterocycles. The van der Waals surface area contributed by atoms with Gasteiger partial charge >= 0.3 is 0 Å². The van der Waals surface area contributed by atoms with Crippen LogP contribution in [0.3, 0.4) is 0 Å². The fraction of sp³-hybridized carbons (Fsp3) is 0.571. The number of aromatic nitrogens is 4. The van der Waals surface area contributed by atoms with E-state index in [9.17, 15) is 13.2 Å². The number of rotatable bonds is 1. The topological polar surface area (TPSA) is 97.5 Å². The van der Waals surface area contributed by atoms with Gasteiger partial charge in [0, 0.05) is 18.9 Å². The monoisotopic (exact) mass is 337 g/mol. The molecule has 1 amide bonds. The van der Waals surface area contributed by atoms with Crippen molar-refractivity contribution >= 4 is 21.5 Å². The fourth-order valence-electron chi connectivity index (χ4n) is 2.72. The molecule has 0 bridgehead atoms. The van der Waals surface area contributed by atoms with Crippen LogP contribution in [0.5, 0.6) is 0 Å². The number of hydrogen-bond acceptors (Lipinski definition) is 6. The second kappa shape index (κ2) is 5.26. The van der Waals surface area contributed by atoms with Gasteiger partial charge < -0.3 is 4.90 Å². The van der Waals surface area contributed by atoms with E-state index in [1.54, 1.807) is 23.4 Å². The Bertz CT molecular complexity index is 820. The predicted molar refractivity (Wildman–Crippen MR) is 83.7 cm³/mol. The Morgan fingerprint density at radius 3 is 2.74 bits per heavy atom. The Balaban J connectivity index is 1.96. The van der Waals surface area contributed by atoms with Crippen LogP contribution < -0.4 is 0 Å². The van der Waals surface area contributed by atoms with Crippen LogP contribution in [0.4, 0.5) is 0 Å². The number of carbonyl (C=O) groups is 1. The molecule has 1 fully saturated rings. The zero-order valence-corrected chi connectivity index (χ0v) is 14.1. The maximum Gasteiger partial charge on any atom is 0.293 e. The van der Waals surface area contributed by atoms with E-state index < -0.39 is 15.9 Å². The van der Waals surface area contributed by atoms with Crippen molar-refractivity contribution in [3.8, 4) is 0 Å². The predicted octanol–water partition coefficient (Wildman–Crippen LogP) is 0.410. The van der Waals surface area contributed by atoms with Gasteiger partial charge in [0.05, 0.1) is 17.5 Å². The third-order valence-electron chi connectivity index (χ3n) is 4.00. The van der Waals surface area contributed by atoms with Crippen LogP contribution in [0.15, 0.2) is 18.5 Å². The molecule has 124 valence electrons. The zero-order chi connectivity index (χ0) is 16.8. The highest BCUT2D eigenvalue weighted by Crippen LogP contribution is 2.29. The minimum atomic E-state index is -3.14. The van der Waals surface area contributed by atoms with Crippen LogP contribution in [0.25, 0.3) is 5.78 Å². The van der Waals surface area contributed by atoms with Crippen LogP contribution in [0.1, 0.15) is 31.4 Å². The largest absolute Gasteiger partial charge is 0.330 e. The molecule has 0 spiro atoms. The summed E-state index contributed by atoms with van der Waals surface area (Å²) in [5, 5.41) is 4.14. The first-order valence-electron chi connectivity index (χ1n) is 7.36. The lowest BCUT2D eigenvalue weighted by atomic mass is 9.86. The summed E-state index contributed by atoms with van der Waals surface area (Å²) in [6, 6.07) is 1.29. The van der Waals surface area contributed by atoms with Gasteiger partial charge in [0.25, 0.3) is 11.7 Å². The average molecular weight is 337 g/mol. The molecule has 8 nitrogen and oxygen atoms in total. The molecule has 0 aromatic carbocycles. The Kier molecular flexibility index (Phi) is 3.62. The van der Waals surface area contributed by atoms with Gasteiger partial charge in [-0.25, -0.2) is 17.9 Å². The van der Waals surface area contributed by atoms with Gasteiger partial charge in [-0.3, -0.25) is 4.79 Å². The van der Waals surface area contributed by atoms with Gasteiger partial charge in [0.1, 0.15) is 0 Å². The Labute approximate surface area is 134 Å². The summed E-state index contributed by atoms with van der Waals surface area (Å²) in [4.78, 5) is 22.6. The first kappa shape index (κ1) is 15.9. The van der Waals surface area contributed by atoms with E-state index in [1.807, 2.05) is 20.8 Å². The van der Waals surface area contributed by atoms with Crippen molar-refractivity contribution in [3.63, 3.8) is 0 Å². The minimum Gasteiger partial charge on any atom is -0.330 e. The summed E-state index contributed by atoms with van der Waals surface area (Å²) in [6.45, 7) is 5.94. The molecule has 0 saturated carbocycles. The van der Waals surface area contributed by atoms with Crippen molar-refractivity contribution in [2.75, 3.05) is 18.1 Å². The maximum absolute atomic E-state index is 12.8. The number of fused-ring (bicyclic) bond motifs is 1. The Morgan fingerprint density at radius 1 is 1.35 bits per heavy atom.